The first-order valence-corrected chi connectivity index (χ1v) is 10.1. The lowest BCUT2D eigenvalue weighted by Crippen LogP contribution is -2.46. The molecular weight excluding hydrogens is 362 g/mol. The van der Waals surface area contributed by atoms with Crippen molar-refractivity contribution in [2.45, 2.75) is 23.8 Å². The van der Waals surface area contributed by atoms with Crippen LogP contribution in [0.1, 0.15) is 18.4 Å². The number of fused-ring (bicyclic) bond motifs is 1. The predicted octanol–water partition coefficient (Wildman–Crippen LogP) is 3.20. The van der Waals surface area contributed by atoms with Crippen LogP contribution in [0.3, 0.4) is 0 Å². The number of carbonyl (C=O) groups excluding carboxylic acids is 2. The maximum Gasteiger partial charge on any atom is 0.329 e. The molecule has 2 atom stereocenters. The highest BCUT2D eigenvalue weighted by molar-refractivity contribution is 8.00. The summed E-state index contributed by atoms with van der Waals surface area (Å²) in [6.07, 6.45) is 1.18. The average Bonchev–Trinajstić information content (AvgIpc) is 3.26. The van der Waals surface area contributed by atoms with Gasteiger partial charge >= 0.3 is 5.97 Å². The number of para-hydroxylation sites is 1. The Labute approximate surface area is 162 Å². The molecule has 0 N–H and O–H groups in total. The van der Waals surface area contributed by atoms with Gasteiger partial charge in [0.05, 0.1) is 0 Å². The summed E-state index contributed by atoms with van der Waals surface area (Å²) in [4.78, 5) is 26.5. The van der Waals surface area contributed by atoms with Crippen LogP contribution in [0, 0.1) is 0 Å². The van der Waals surface area contributed by atoms with Crippen molar-refractivity contribution >= 4 is 23.6 Å². The first-order chi connectivity index (χ1) is 13.2. The van der Waals surface area contributed by atoms with E-state index in [1.807, 2.05) is 60.7 Å². The van der Waals surface area contributed by atoms with Gasteiger partial charge in [-0.05, 0) is 24.1 Å². The lowest BCUT2D eigenvalue weighted by Gasteiger charge is -2.33. The number of thioether (sulfide) groups is 1. The van der Waals surface area contributed by atoms with Gasteiger partial charge in [0.25, 0.3) is 0 Å². The summed E-state index contributed by atoms with van der Waals surface area (Å²) in [5.41, 5.74) is 1.07. The van der Waals surface area contributed by atoms with Crippen molar-refractivity contribution in [3.05, 3.63) is 66.2 Å². The van der Waals surface area contributed by atoms with Crippen molar-refractivity contribution < 1.29 is 19.1 Å². The van der Waals surface area contributed by atoms with Gasteiger partial charge in [0.2, 0.25) is 5.91 Å². The third-order valence-corrected chi connectivity index (χ3v) is 6.56. The van der Waals surface area contributed by atoms with Crippen LogP contribution in [0.4, 0.5) is 0 Å². The molecule has 0 unspecified atom stereocenters. The van der Waals surface area contributed by atoms with Gasteiger partial charge in [-0.25, -0.2) is 4.79 Å². The highest BCUT2D eigenvalue weighted by Crippen LogP contribution is 2.54. The van der Waals surface area contributed by atoms with Crippen LogP contribution in [-0.4, -0.2) is 41.8 Å². The zero-order chi connectivity index (χ0) is 18.7. The third kappa shape index (κ3) is 3.41. The Balaban J connectivity index is 1.39. The molecule has 5 nitrogen and oxygen atoms in total. The van der Waals surface area contributed by atoms with E-state index in [1.54, 1.807) is 16.7 Å². The van der Waals surface area contributed by atoms with E-state index in [0.29, 0.717) is 12.2 Å². The van der Waals surface area contributed by atoms with Crippen molar-refractivity contribution in [2.24, 2.45) is 0 Å². The maximum absolute atomic E-state index is 12.6. The summed E-state index contributed by atoms with van der Waals surface area (Å²) in [6.45, 7) is 0.447. The van der Waals surface area contributed by atoms with Crippen LogP contribution in [0.5, 0.6) is 5.75 Å². The number of hydrogen-bond acceptors (Lipinski definition) is 5. The molecule has 0 radical (unpaired) electrons. The van der Waals surface area contributed by atoms with Crippen LogP contribution >= 0.6 is 11.8 Å². The molecule has 2 saturated heterocycles. The molecule has 2 heterocycles. The summed E-state index contributed by atoms with van der Waals surface area (Å²) in [7, 11) is 0. The number of hydrogen-bond donors (Lipinski definition) is 0. The van der Waals surface area contributed by atoms with Gasteiger partial charge in [-0.3, -0.25) is 4.79 Å². The molecule has 0 saturated carbocycles. The van der Waals surface area contributed by atoms with Crippen LogP contribution < -0.4 is 4.74 Å². The molecule has 2 aliphatic rings. The summed E-state index contributed by atoms with van der Waals surface area (Å²) in [6, 6.07) is 18.8. The second-order valence-corrected chi connectivity index (χ2v) is 7.87. The number of nitrogens with zero attached hydrogens (tertiary/aromatic N) is 1. The quantitative estimate of drug-likeness (QED) is 0.566. The highest BCUT2D eigenvalue weighted by Gasteiger charge is 2.57. The summed E-state index contributed by atoms with van der Waals surface area (Å²) in [5, 5.41) is 0. The number of benzene rings is 2. The van der Waals surface area contributed by atoms with E-state index < -0.39 is 10.9 Å². The van der Waals surface area contributed by atoms with Crippen molar-refractivity contribution in [2.75, 3.05) is 19.0 Å². The number of esters is 1. The van der Waals surface area contributed by atoms with Crippen molar-refractivity contribution in [1.82, 2.24) is 4.90 Å². The minimum atomic E-state index is -0.540. The van der Waals surface area contributed by atoms with Gasteiger partial charge in [-0.15, -0.1) is 11.8 Å². The zero-order valence-corrected chi connectivity index (χ0v) is 15.7. The maximum atomic E-state index is 12.6. The largest absolute Gasteiger partial charge is 0.490 e. The third-order valence-electron chi connectivity index (χ3n) is 4.96. The summed E-state index contributed by atoms with van der Waals surface area (Å²) >= 11 is 1.66. The highest BCUT2D eigenvalue weighted by atomic mass is 32.2. The van der Waals surface area contributed by atoms with Gasteiger partial charge in [-0.1, -0.05) is 48.5 Å². The van der Waals surface area contributed by atoms with Crippen molar-refractivity contribution in [3.63, 3.8) is 0 Å². The van der Waals surface area contributed by atoms with Gasteiger partial charge in [0, 0.05) is 12.2 Å². The smallest absolute Gasteiger partial charge is 0.329 e. The molecule has 2 aliphatic heterocycles. The number of amides is 1. The minimum Gasteiger partial charge on any atom is -0.490 e. The SMILES string of the molecule is O=C(OCCOc1ccccc1)[C@H]1CS[C@@]2(c3ccccc3)CCC(=O)N12. The van der Waals surface area contributed by atoms with E-state index in [2.05, 4.69) is 0 Å². The zero-order valence-electron chi connectivity index (χ0n) is 14.9. The van der Waals surface area contributed by atoms with Gasteiger partial charge in [0.15, 0.2) is 0 Å². The normalized spacial score (nSPS) is 23.9. The van der Waals surface area contributed by atoms with Gasteiger partial charge in [-0.2, -0.15) is 0 Å². The van der Waals surface area contributed by atoms with Crippen LogP contribution in [0.25, 0.3) is 0 Å². The number of rotatable bonds is 6. The Morgan fingerprint density at radius 3 is 2.52 bits per heavy atom. The van der Waals surface area contributed by atoms with E-state index in [4.69, 9.17) is 9.47 Å². The van der Waals surface area contributed by atoms with Crippen molar-refractivity contribution in [1.29, 1.82) is 0 Å². The van der Waals surface area contributed by atoms with Crippen LogP contribution in [0.2, 0.25) is 0 Å². The van der Waals surface area contributed by atoms with Gasteiger partial charge in [0.1, 0.15) is 29.9 Å². The van der Waals surface area contributed by atoms with Crippen LogP contribution in [0.15, 0.2) is 60.7 Å². The molecule has 6 heteroatoms. The predicted molar refractivity (Wildman–Crippen MR) is 103 cm³/mol. The molecule has 2 aromatic rings. The standard InChI is InChI=1S/C21H21NO4S/c23-19-11-12-21(16-7-3-1-4-8-16)22(19)18(15-27-21)20(24)26-14-13-25-17-9-5-2-6-10-17/h1-10,18H,11-15H2/t18-,21-/m1/s1. The second kappa shape index (κ2) is 7.64. The Morgan fingerprint density at radius 1 is 1.07 bits per heavy atom. The van der Waals surface area contributed by atoms with E-state index in [1.165, 1.54) is 0 Å². The molecular formula is C21H21NO4S. The van der Waals surface area contributed by atoms with Crippen LogP contribution in [-0.2, 0) is 19.2 Å². The fourth-order valence-electron chi connectivity index (χ4n) is 3.73. The molecule has 1 amide bonds. The first-order valence-electron chi connectivity index (χ1n) is 9.07. The Bertz CT molecular complexity index is 813. The second-order valence-electron chi connectivity index (χ2n) is 6.57. The lowest BCUT2D eigenvalue weighted by atomic mass is 10.0. The lowest BCUT2D eigenvalue weighted by molar-refractivity contribution is -0.154. The van der Waals surface area contributed by atoms with E-state index in [0.717, 1.165) is 17.7 Å². The Hall–Kier alpha value is -2.47. The molecule has 0 aliphatic carbocycles. The molecule has 0 aromatic heterocycles. The summed E-state index contributed by atoms with van der Waals surface area (Å²) in [5.74, 6) is 0.959. The molecule has 27 heavy (non-hydrogen) atoms. The number of ether oxygens (including phenoxy) is 2. The van der Waals surface area contributed by atoms with E-state index in [-0.39, 0.29) is 25.1 Å². The average molecular weight is 383 g/mol. The molecule has 2 fully saturated rings. The Morgan fingerprint density at radius 2 is 1.78 bits per heavy atom. The molecule has 4 rings (SSSR count). The summed E-state index contributed by atoms with van der Waals surface area (Å²) < 4.78 is 11.0. The molecule has 0 spiro atoms. The van der Waals surface area contributed by atoms with Crippen molar-refractivity contribution in [3.8, 4) is 5.75 Å². The van der Waals surface area contributed by atoms with Gasteiger partial charge < -0.3 is 14.4 Å². The first kappa shape index (κ1) is 17.9. The minimum absolute atomic E-state index is 0.0198. The van der Waals surface area contributed by atoms with E-state index in [9.17, 15) is 9.59 Å². The van der Waals surface area contributed by atoms with E-state index >= 15 is 0 Å². The topological polar surface area (TPSA) is 55.8 Å². The number of carbonyl (C=O) groups is 2. The molecule has 0 bridgehead atoms. The molecule has 2 aromatic carbocycles. The monoisotopic (exact) mass is 383 g/mol. The fraction of sp³-hybridized carbons (Fsp3) is 0.333. The molecule has 140 valence electrons. The Kier molecular flexibility index (Phi) is 5.07. The fourth-order valence-corrected chi connectivity index (χ4v) is 5.37.